The molecule has 5 nitrogen and oxygen atoms in total. The number of rotatable bonds is 30. The average Bonchev–Trinajstić information content (AvgIpc) is 2.92. The van der Waals surface area contributed by atoms with Crippen LogP contribution in [0.4, 0.5) is 0 Å². The molecule has 0 aliphatic carbocycles. The average molecular weight is 541 g/mol. The molecule has 5 heteroatoms. The highest BCUT2D eigenvalue weighted by Gasteiger charge is 2.12. The van der Waals surface area contributed by atoms with Crippen molar-refractivity contribution in [2.24, 2.45) is 0 Å². The van der Waals surface area contributed by atoms with Crippen molar-refractivity contribution in [1.29, 1.82) is 0 Å². The maximum atomic E-state index is 11.9. The predicted molar refractivity (Wildman–Crippen MR) is 159 cm³/mol. The number of hydrogen-bond acceptors (Lipinski definition) is 5. The molecule has 0 heterocycles. The van der Waals surface area contributed by atoms with Crippen molar-refractivity contribution in [3.8, 4) is 0 Å². The predicted octanol–water partition coefficient (Wildman–Crippen LogP) is 9.62. The summed E-state index contributed by atoms with van der Waals surface area (Å²) in [5.74, 6) is -0.558. The molecule has 226 valence electrons. The largest absolute Gasteiger partial charge is 0.463 e. The first kappa shape index (κ1) is 36.9. The van der Waals surface area contributed by atoms with Gasteiger partial charge in [0, 0.05) is 12.8 Å². The highest BCUT2D eigenvalue weighted by molar-refractivity contribution is 5.69. The quantitative estimate of drug-likeness (QED) is 0.0725. The number of esters is 2. The van der Waals surface area contributed by atoms with Crippen molar-refractivity contribution in [3.05, 3.63) is 0 Å². The van der Waals surface area contributed by atoms with Gasteiger partial charge in [0.15, 0.2) is 0 Å². The van der Waals surface area contributed by atoms with Crippen LogP contribution < -0.4 is 0 Å². The molecule has 0 aromatic carbocycles. The molecule has 0 aromatic heterocycles. The fourth-order valence-electron chi connectivity index (χ4n) is 4.79. The van der Waals surface area contributed by atoms with Crippen molar-refractivity contribution in [2.75, 3.05) is 13.2 Å². The van der Waals surface area contributed by atoms with Gasteiger partial charge in [0.1, 0.15) is 19.3 Å². The molecule has 0 fully saturated rings. The van der Waals surface area contributed by atoms with E-state index in [1.54, 1.807) is 0 Å². The zero-order chi connectivity index (χ0) is 27.9. The minimum absolute atomic E-state index is 0.108. The van der Waals surface area contributed by atoms with Crippen LogP contribution in [0.5, 0.6) is 0 Å². The van der Waals surface area contributed by atoms with E-state index in [1.165, 1.54) is 128 Å². The first-order valence-corrected chi connectivity index (χ1v) is 16.6. The molecular formula is C33H64O5. The third-order valence-electron chi connectivity index (χ3n) is 7.34. The summed E-state index contributed by atoms with van der Waals surface area (Å²) in [5.41, 5.74) is 0. The fourth-order valence-corrected chi connectivity index (χ4v) is 4.79. The van der Waals surface area contributed by atoms with E-state index in [0.29, 0.717) is 12.8 Å². The standard InChI is InChI=1S/C33H64O5/c1-3-5-7-9-11-13-15-17-19-21-23-25-27-32(35)37-29-31(34)30-38-33(36)28-26-24-22-20-18-16-14-12-10-8-6-4-2/h31,34H,3-30H2,1-2H3. The van der Waals surface area contributed by atoms with E-state index < -0.39 is 6.10 Å². The molecule has 1 N–H and O–H groups in total. The molecule has 0 amide bonds. The van der Waals surface area contributed by atoms with E-state index in [0.717, 1.165) is 25.7 Å². The van der Waals surface area contributed by atoms with Gasteiger partial charge in [-0.3, -0.25) is 9.59 Å². The second-order valence-corrected chi connectivity index (χ2v) is 11.3. The molecule has 0 radical (unpaired) electrons. The zero-order valence-corrected chi connectivity index (χ0v) is 25.5. The van der Waals surface area contributed by atoms with Gasteiger partial charge in [-0.05, 0) is 12.8 Å². The van der Waals surface area contributed by atoms with Crippen molar-refractivity contribution < 1.29 is 24.2 Å². The summed E-state index contributed by atoms with van der Waals surface area (Å²) >= 11 is 0. The van der Waals surface area contributed by atoms with Crippen LogP contribution in [0.1, 0.15) is 181 Å². The van der Waals surface area contributed by atoms with Crippen LogP contribution in [0.2, 0.25) is 0 Å². The Labute approximate surface area is 236 Å². The Kier molecular flexibility index (Phi) is 29.6. The lowest BCUT2D eigenvalue weighted by molar-refractivity contribution is -0.152. The first-order chi connectivity index (χ1) is 18.6. The van der Waals surface area contributed by atoms with Gasteiger partial charge >= 0.3 is 11.9 Å². The van der Waals surface area contributed by atoms with Crippen LogP contribution >= 0.6 is 0 Å². The lowest BCUT2D eigenvalue weighted by Crippen LogP contribution is -2.25. The van der Waals surface area contributed by atoms with Crippen molar-refractivity contribution >= 4 is 11.9 Å². The van der Waals surface area contributed by atoms with E-state index in [4.69, 9.17) is 9.47 Å². The molecule has 38 heavy (non-hydrogen) atoms. The van der Waals surface area contributed by atoms with Crippen LogP contribution in [0.25, 0.3) is 0 Å². The Balaban J connectivity index is 3.41. The van der Waals surface area contributed by atoms with Gasteiger partial charge < -0.3 is 14.6 Å². The zero-order valence-electron chi connectivity index (χ0n) is 25.5. The maximum absolute atomic E-state index is 11.9. The molecule has 0 unspecified atom stereocenters. The summed E-state index contributed by atoms with van der Waals surface area (Å²) in [7, 11) is 0. The summed E-state index contributed by atoms with van der Waals surface area (Å²) in [6.45, 7) is 4.29. The molecule has 0 rings (SSSR count). The number of aliphatic hydroxyl groups is 1. The van der Waals surface area contributed by atoms with Gasteiger partial charge in [-0.1, -0.05) is 155 Å². The number of unbranched alkanes of at least 4 members (excludes halogenated alkanes) is 22. The van der Waals surface area contributed by atoms with Gasteiger partial charge in [-0.25, -0.2) is 0 Å². The van der Waals surface area contributed by atoms with Crippen molar-refractivity contribution in [1.82, 2.24) is 0 Å². The van der Waals surface area contributed by atoms with Crippen LogP contribution in [-0.4, -0.2) is 36.4 Å². The smallest absolute Gasteiger partial charge is 0.305 e. The van der Waals surface area contributed by atoms with E-state index in [-0.39, 0.29) is 25.2 Å². The summed E-state index contributed by atoms with van der Waals surface area (Å²) in [6, 6.07) is 0. The van der Waals surface area contributed by atoms with Crippen molar-refractivity contribution in [3.63, 3.8) is 0 Å². The molecule has 0 aliphatic rings. The fraction of sp³-hybridized carbons (Fsp3) is 0.939. The van der Waals surface area contributed by atoms with E-state index in [9.17, 15) is 14.7 Å². The molecule has 0 spiro atoms. The third-order valence-corrected chi connectivity index (χ3v) is 7.34. The second-order valence-electron chi connectivity index (χ2n) is 11.3. The van der Waals surface area contributed by atoms with Gasteiger partial charge in [-0.15, -0.1) is 0 Å². The summed E-state index contributed by atoms with van der Waals surface area (Å²) in [5, 5.41) is 9.94. The highest BCUT2D eigenvalue weighted by atomic mass is 16.6. The second kappa shape index (κ2) is 30.4. The van der Waals surface area contributed by atoms with E-state index in [1.807, 2.05) is 0 Å². The number of ether oxygens (including phenoxy) is 2. The summed E-state index contributed by atoms with van der Waals surface area (Å²) in [4.78, 5) is 23.7. The topological polar surface area (TPSA) is 72.8 Å². The molecule has 0 aliphatic heterocycles. The Hall–Kier alpha value is -1.10. The lowest BCUT2D eigenvalue weighted by atomic mass is 10.0. The number of carbonyl (C=O) groups excluding carboxylic acids is 2. The lowest BCUT2D eigenvalue weighted by Gasteiger charge is -2.12. The normalized spacial score (nSPS) is 11.3. The molecular weight excluding hydrogens is 476 g/mol. The summed E-state index contributed by atoms with van der Waals surface area (Å²) in [6.07, 6.45) is 30.0. The Morgan fingerprint density at radius 1 is 0.447 bits per heavy atom. The Bertz CT molecular complexity index is 464. The highest BCUT2D eigenvalue weighted by Crippen LogP contribution is 2.14. The van der Waals surface area contributed by atoms with Crippen LogP contribution in [-0.2, 0) is 19.1 Å². The monoisotopic (exact) mass is 540 g/mol. The summed E-state index contributed by atoms with van der Waals surface area (Å²) < 4.78 is 10.3. The van der Waals surface area contributed by atoms with Gasteiger partial charge in [-0.2, -0.15) is 0 Å². The van der Waals surface area contributed by atoms with Crippen LogP contribution in [0.3, 0.4) is 0 Å². The molecule has 0 saturated heterocycles. The number of hydrogen-bond donors (Lipinski definition) is 1. The third kappa shape index (κ3) is 29.5. The molecule has 0 aromatic rings. The minimum atomic E-state index is -0.952. The number of aliphatic hydroxyl groups excluding tert-OH is 1. The van der Waals surface area contributed by atoms with Crippen LogP contribution in [0, 0.1) is 0 Å². The van der Waals surface area contributed by atoms with Gasteiger partial charge in [0.25, 0.3) is 0 Å². The Morgan fingerprint density at radius 2 is 0.684 bits per heavy atom. The molecule has 0 atom stereocenters. The number of carbonyl (C=O) groups is 2. The maximum Gasteiger partial charge on any atom is 0.305 e. The van der Waals surface area contributed by atoms with E-state index in [2.05, 4.69) is 13.8 Å². The van der Waals surface area contributed by atoms with Gasteiger partial charge in [0.05, 0.1) is 0 Å². The SMILES string of the molecule is CCCCCCCCCCCCCCC(=O)OCC(O)COC(=O)CCCCCCCCCCCCCC. The van der Waals surface area contributed by atoms with Gasteiger partial charge in [0.2, 0.25) is 0 Å². The minimum Gasteiger partial charge on any atom is -0.463 e. The van der Waals surface area contributed by atoms with Crippen LogP contribution in [0.15, 0.2) is 0 Å². The van der Waals surface area contributed by atoms with E-state index >= 15 is 0 Å². The Morgan fingerprint density at radius 3 is 0.947 bits per heavy atom. The molecule has 0 bridgehead atoms. The first-order valence-electron chi connectivity index (χ1n) is 16.6. The molecule has 0 saturated carbocycles. The van der Waals surface area contributed by atoms with Crippen molar-refractivity contribution in [2.45, 2.75) is 187 Å².